The van der Waals surface area contributed by atoms with Crippen LogP contribution in [0.3, 0.4) is 0 Å². The van der Waals surface area contributed by atoms with Gasteiger partial charge in [-0.3, -0.25) is 4.79 Å². The maximum absolute atomic E-state index is 11.4. The van der Waals surface area contributed by atoms with Crippen LogP contribution in [-0.4, -0.2) is 31.3 Å². The van der Waals surface area contributed by atoms with Crippen LogP contribution < -0.4 is 5.32 Å². The number of rotatable bonds is 4. The second-order valence-corrected chi connectivity index (χ2v) is 5.50. The summed E-state index contributed by atoms with van der Waals surface area (Å²) in [6.07, 6.45) is 2.90. The van der Waals surface area contributed by atoms with E-state index in [9.17, 15) is 9.59 Å². The van der Waals surface area contributed by atoms with Crippen molar-refractivity contribution >= 4 is 12.1 Å². The molecule has 0 aliphatic rings. The minimum absolute atomic E-state index is 0.301. The van der Waals surface area contributed by atoms with Crippen LogP contribution in [0.1, 0.15) is 34.6 Å². The number of hydrogen-bond donors (Lipinski definition) is 1. The number of amides is 1. The molecule has 18 heavy (non-hydrogen) atoms. The summed E-state index contributed by atoms with van der Waals surface area (Å²) in [7, 11) is 1.34. The number of carbonyl (C=O) groups is 2. The summed E-state index contributed by atoms with van der Waals surface area (Å²) in [5.74, 6) is -0.323. The average Bonchev–Trinajstić information content (AvgIpc) is 2.20. The number of nitrogens with one attached hydrogen (secondary N) is 1. The third-order valence-electron chi connectivity index (χ3n) is 2.01. The van der Waals surface area contributed by atoms with Crippen molar-refractivity contribution in [2.24, 2.45) is 5.41 Å². The summed E-state index contributed by atoms with van der Waals surface area (Å²) in [4.78, 5) is 22.7. The van der Waals surface area contributed by atoms with Crippen molar-refractivity contribution < 1.29 is 19.1 Å². The smallest absolute Gasteiger partial charge is 0.407 e. The topological polar surface area (TPSA) is 64.6 Å². The fraction of sp³-hybridized carbons (Fsp3) is 0.692. The lowest BCUT2D eigenvalue weighted by Crippen LogP contribution is -2.32. The van der Waals surface area contributed by atoms with Crippen molar-refractivity contribution in [3.63, 3.8) is 0 Å². The van der Waals surface area contributed by atoms with E-state index in [1.807, 2.05) is 0 Å². The largest absolute Gasteiger partial charge is 0.468 e. The van der Waals surface area contributed by atoms with Gasteiger partial charge >= 0.3 is 12.1 Å². The van der Waals surface area contributed by atoms with E-state index in [-0.39, 0.29) is 5.97 Å². The van der Waals surface area contributed by atoms with Gasteiger partial charge in [-0.05, 0) is 34.6 Å². The fourth-order valence-electron chi connectivity index (χ4n) is 1.14. The number of alkyl carbamates (subject to hydrolysis) is 1. The van der Waals surface area contributed by atoms with Gasteiger partial charge in [0, 0.05) is 6.54 Å². The number of methoxy groups -OCH3 is 1. The molecule has 0 aromatic heterocycles. The van der Waals surface area contributed by atoms with Gasteiger partial charge in [-0.1, -0.05) is 12.2 Å². The van der Waals surface area contributed by atoms with Crippen molar-refractivity contribution in [2.45, 2.75) is 40.2 Å². The lowest BCUT2D eigenvalue weighted by molar-refractivity contribution is -0.148. The van der Waals surface area contributed by atoms with Crippen LogP contribution in [0.4, 0.5) is 4.79 Å². The molecule has 0 spiro atoms. The minimum atomic E-state index is -0.704. The van der Waals surface area contributed by atoms with E-state index in [0.717, 1.165) is 0 Å². The molecule has 1 amide bonds. The monoisotopic (exact) mass is 257 g/mol. The summed E-state index contributed by atoms with van der Waals surface area (Å²) in [6.45, 7) is 9.16. The van der Waals surface area contributed by atoms with Crippen LogP contribution in [0.2, 0.25) is 0 Å². The van der Waals surface area contributed by atoms with Crippen molar-refractivity contribution in [3.05, 3.63) is 12.2 Å². The van der Waals surface area contributed by atoms with E-state index in [1.54, 1.807) is 46.8 Å². The highest BCUT2D eigenvalue weighted by Gasteiger charge is 2.24. The Morgan fingerprint density at radius 2 is 1.72 bits per heavy atom. The van der Waals surface area contributed by atoms with Crippen LogP contribution in [0, 0.1) is 5.41 Å². The Morgan fingerprint density at radius 1 is 1.17 bits per heavy atom. The molecule has 0 atom stereocenters. The van der Waals surface area contributed by atoms with Crippen molar-refractivity contribution in [1.82, 2.24) is 5.32 Å². The highest BCUT2D eigenvalue weighted by atomic mass is 16.6. The molecule has 0 rings (SSSR count). The van der Waals surface area contributed by atoms with Gasteiger partial charge in [0.05, 0.1) is 12.5 Å². The summed E-state index contributed by atoms with van der Waals surface area (Å²) >= 11 is 0. The Labute approximate surface area is 109 Å². The molecule has 0 heterocycles. The van der Waals surface area contributed by atoms with Gasteiger partial charge in [0.25, 0.3) is 0 Å². The average molecular weight is 257 g/mol. The Balaban J connectivity index is 4.12. The predicted molar refractivity (Wildman–Crippen MR) is 69.2 cm³/mol. The normalized spacial score (nSPS) is 12.3. The van der Waals surface area contributed by atoms with Gasteiger partial charge < -0.3 is 14.8 Å². The van der Waals surface area contributed by atoms with Gasteiger partial charge in [0.15, 0.2) is 0 Å². The van der Waals surface area contributed by atoms with E-state index >= 15 is 0 Å². The van der Waals surface area contributed by atoms with Crippen LogP contribution in [0.5, 0.6) is 0 Å². The molecule has 0 aromatic rings. The van der Waals surface area contributed by atoms with Crippen molar-refractivity contribution in [2.75, 3.05) is 13.7 Å². The predicted octanol–water partition coefficient (Wildman–Crippen LogP) is 2.27. The van der Waals surface area contributed by atoms with Crippen LogP contribution >= 0.6 is 0 Å². The Morgan fingerprint density at radius 3 is 2.17 bits per heavy atom. The third kappa shape index (κ3) is 6.93. The Hall–Kier alpha value is -1.52. The zero-order valence-electron chi connectivity index (χ0n) is 12.0. The van der Waals surface area contributed by atoms with E-state index in [1.165, 1.54) is 7.11 Å². The molecule has 0 aliphatic heterocycles. The van der Waals surface area contributed by atoms with Gasteiger partial charge in [-0.25, -0.2) is 4.79 Å². The third-order valence-corrected chi connectivity index (χ3v) is 2.01. The SMILES string of the molecule is COC(=O)C(C)(C)C=CCNC(=O)OC(C)(C)C. The number of carbonyl (C=O) groups excluding carboxylic acids is 2. The van der Waals surface area contributed by atoms with E-state index in [4.69, 9.17) is 4.74 Å². The van der Waals surface area contributed by atoms with Crippen LogP contribution in [0.15, 0.2) is 12.2 Å². The molecule has 5 nitrogen and oxygen atoms in total. The molecule has 0 saturated carbocycles. The standard InChI is InChI=1S/C13H23NO4/c1-12(2,3)18-11(16)14-9-7-8-13(4,5)10(15)17-6/h7-8H,9H2,1-6H3,(H,14,16). The second-order valence-electron chi connectivity index (χ2n) is 5.50. The molecule has 0 fully saturated rings. The van der Waals surface area contributed by atoms with Crippen molar-refractivity contribution in [3.8, 4) is 0 Å². The molecule has 0 bridgehead atoms. The highest BCUT2D eigenvalue weighted by molar-refractivity contribution is 5.78. The maximum Gasteiger partial charge on any atom is 0.407 e. The summed E-state index contributed by atoms with van der Waals surface area (Å²) in [5.41, 5.74) is -1.22. The molecule has 0 radical (unpaired) electrons. The van der Waals surface area contributed by atoms with Crippen molar-refractivity contribution in [1.29, 1.82) is 0 Å². The number of hydrogen-bond acceptors (Lipinski definition) is 4. The number of ether oxygens (including phenoxy) is 2. The van der Waals surface area contributed by atoms with Gasteiger partial charge in [-0.2, -0.15) is 0 Å². The lowest BCUT2D eigenvalue weighted by Gasteiger charge is -2.19. The van der Waals surface area contributed by atoms with E-state index in [2.05, 4.69) is 10.1 Å². The maximum atomic E-state index is 11.4. The molecule has 104 valence electrons. The Kier molecular flexibility index (Phi) is 5.88. The van der Waals surface area contributed by atoms with Gasteiger partial charge in [-0.15, -0.1) is 0 Å². The summed E-state index contributed by atoms with van der Waals surface area (Å²) in [5, 5.41) is 2.57. The highest BCUT2D eigenvalue weighted by Crippen LogP contribution is 2.18. The zero-order chi connectivity index (χ0) is 14.4. The number of esters is 1. The zero-order valence-corrected chi connectivity index (χ0v) is 12.0. The molecule has 5 heteroatoms. The van der Waals surface area contributed by atoms with Crippen LogP contribution in [0.25, 0.3) is 0 Å². The van der Waals surface area contributed by atoms with Gasteiger partial charge in [0.2, 0.25) is 0 Å². The first kappa shape index (κ1) is 16.5. The second kappa shape index (κ2) is 6.42. The first-order chi connectivity index (χ1) is 8.08. The van der Waals surface area contributed by atoms with Crippen LogP contribution in [-0.2, 0) is 14.3 Å². The van der Waals surface area contributed by atoms with Gasteiger partial charge in [0.1, 0.15) is 5.60 Å². The molecular formula is C13H23NO4. The fourth-order valence-corrected chi connectivity index (χ4v) is 1.14. The summed E-state index contributed by atoms with van der Waals surface area (Å²) < 4.78 is 9.72. The van der Waals surface area contributed by atoms with E-state index in [0.29, 0.717) is 6.54 Å². The molecule has 0 saturated heterocycles. The minimum Gasteiger partial charge on any atom is -0.468 e. The molecule has 0 unspecified atom stereocenters. The first-order valence-electron chi connectivity index (χ1n) is 5.81. The van der Waals surface area contributed by atoms with E-state index < -0.39 is 17.1 Å². The Bertz CT molecular complexity index is 326. The molecule has 0 aliphatic carbocycles. The lowest BCUT2D eigenvalue weighted by atomic mass is 9.93. The molecule has 0 aromatic carbocycles. The molecular weight excluding hydrogens is 234 g/mol. The first-order valence-corrected chi connectivity index (χ1v) is 5.81. The molecule has 1 N–H and O–H groups in total. The summed E-state index contributed by atoms with van der Waals surface area (Å²) in [6, 6.07) is 0. The quantitative estimate of drug-likeness (QED) is 0.620.